The summed E-state index contributed by atoms with van der Waals surface area (Å²) in [6.45, 7) is 2.82. The molecular formula is C22H27N3O4. The average molecular weight is 397 g/mol. The lowest BCUT2D eigenvalue weighted by Gasteiger charge is -2.35. The van der Waals surface area contributed by atoms with Crippen molar-refractivity contribution >= 4 is 17.5 Å². The van der Waals surface area contributed by atoms with Crippen LogP contribution in [-0.2, 0) is 0 Å². The first-order valence-corrected chi connectivity index (χ1v) is 9.88. The molecule has 0 spiro atoms. The summed E-state index contributed by atoms with van der Waals surface area (Å²) in [5, 5.41) is 2.79. The third-order valence-electron chi connectivity index (χ3n) is 5.21. The number of amides is 2. The number of carbonyl (C=O) groups is 2. The lowest BCUT2D eigenvalue weighted by Crippen LogP contribution is -2.43. The van der Waals surface area contributed by atoms with E-state index in [2.05, 4.69) is 17.2 Å². The van der Waals surface area contributed by atoms with Crippen LogP contribution in [0.15, 0.2) is 36.4 Å². The minimum atomic E-state index is -0.420. The van der Waals surface area contributed by atoms with E-state index >= 15 is 0 Å². The first-order valence-electron chi connectivity index (χ1n) is 9.88. The van der Waals surface area contributed by atoms with Crippen molar-refractivity contribution in [2.45, 2.75) is 38.6 Å². The standard InChI is InChI=1S/C22H27N3O4/c1-4-15-8-5-6-13-25(15)22(27)18-10-7-9-17(23-18)21(26)24-19-14-16(28-2)11-12-20(19)29-3/h7,9-12,14-15H,4-6,8,13H2,1-3H3,(H,24,26). The topological polar surface area (TPSA) is 80.8 Å². The van der Waals surface area contributed by atoms with E-state index in [0.29, 0.717) is 17.2 Å². The molecule has 0 saturated carbocycles. The second-order valence-corrected chi connectivity index (χ2v) is 6.98. The van der Waals surface area contributed by atoms with Crippen molar-refractivity contribution in [3.63, 3.8) is 0 Å². The van der Waals surface area contributed by atoms with Gasteiger partial charge >= 0.3 is 0 Å². The van der Waals surface area contributed by atoms with Crippen LogP contribution in [-0.4, -0.2) is 48.5 Å². The lowest BCUT2D eigenvalue weighted by atomic mass is 9.99. The number of ether oxygens (including phenoxy) is 2. The van der Waals surface area contributed by atoms with Gasteiger partial charge in [0.2, 0.25) is 0 Å². The van der Waals surface area contributed by atoms with Gasteiger partial charge in [-0.25, -0.2) is 4.98 Å². The first-order chi connectivity index (χ1) is 14.1. The monoisotopic (exact) mass is 397 g/mol. The summed E-state index contributed by atoms with van der Waals surface area (Å²) < 4.78 is 10.5. The maximum absolute atomic E-state index is 13.0. The maximum Gasteiger partial charge on any atom is 0.274 e. The highest BCUT2D eigenvalue weighted by Crippen LogP contribution is 2.29. The number of piperidine rings is 1. The fraction of sp³-hybridized carbons (Fsp3) is 0.409. The van der Waals surface area contributed by atoms with Crippen LogP contribution in [0.2, 0.25) is 0 Å². The van der Waals surface area contributed by atoms with Gasteiger partial charge in [-0.2, -0.15) is 0 Å². The van der Waals surface area contributed by atoms with Crippen molar-refractivity contribution < 1.29 is 19.1 Å². The number of hydrogen-bond acceptors (Lipinski definition) is 5. The second kappa shape index (κ2) is 9.41. The van der Waals surface area contributed by atoms with E-state index in [1.54, 1.807) is 43.5 Å². The summed E-state index contributed by atoms with van der Waals surface area (Å²) in [7, 11) is 3.08. The summed E-state index contributed by atoms with van der Waals surface area (Å²) >= 11 is 0. The SMILES string of the molecule is CCC1CCCCN1C(=O)c1cccc(C(=O)Nc2cc(OC)ccc2OC)n1. The molecular weight excluding hydrogens is 370 g/mol. The highest BCUT2D eigenvalue weighted by Gasteiger charge is 2.27. The fourth-order valence-corrected chi connectivity index (χ4v) is 3.62. The number of pyridine rings is 1. The van der Waals surface area contributed by atoms with Gasteiger partial charge in [0.05, 0.1) is 19.9 Å². The quantitative estimate of drug-likeness (QED) is 0.803. The molecule has 0 aliphatic carbocycles. The summed E-state index contributed by atoms with van der Waals surface area (Å²) in [4.78, 5) is 32.0. The molecule has 3 rings (SSSR count). The Morgan fingerprint density at radius 3 is 2.66 bits per heavy atom. The van der Waals surface area contributed by atoms with Crippen LogP contribution in [0.3, 0.4) is 0 Å². The Bertz CT molecular complexity index is 884. The predicted molar refractivity (Wildman–Crippen MR) is 111 cm³/mol. The van der Waals surface area contributed by atoms with Crippen LogP contribution in [0.25, 0.3) is 0 Å². The summed E-state index contributed by atoms with van der Waals surface area (Å²) in [5.41, 5.74) is 0.929. The maximum atomic E-state index is 13.0. The van der Waals surface area contributed by atoms with Crippen LogP contribution in [0.4, 0.5) is 5.69 Å². The molecule has 1 aromatic heterocycles. The van der Waals surface area contributed by atoms with Gasteiger partial charge in [-0.1, -0.05) is 13.0 Å². The number of nitrogens with zero attached hydrogens (tertiary/aromatic N) is 2. The van der Waals surface area contributed by atoms with E-state index in [-0.39, 0.29) is 23.3 Å². The fourth-order valence-electron chi connectivity index (χ4n) is 3.62. The highest BCUT2D eigenvalue weighted by molar-refractivity contribution is 6.04. The smallest absolute Gasteiger partial charge is 0.274 e. The molecule has 1 aromatic carbocycles. The van der Waals surface area contributed by atoms with Gasteiger partial charge in [0.25, 0.3) is 11.8 Å². The number of anilines is 1. The average Bonchev–Trinajstić information content (AvgIpc) is 2.78. The molecule has 2 amide bonds. The Balaban J connectivity index is 1.80. The van der Waals surface area contributed by atoms with Gasteiger partial charge < -0.3 is 19.7 Å². The van der Waals surface area contributed by atoms with Gasteiger partial charge in [0.1, 0.15) is 22.9 Å². The molecule has 1 unspecified atom stereocenters. The van der Waals surface area contributed by atoms with Crippen LogP contribution in [0.5, 0.6) is 11.5 Å². The van der Waals surface area contributed by atoms with Gasteiger partial charge in [0, 0.05) is 18.7 Å². The van der Waals surface area contributed by atoms with E-state index < -0.39 is 5.91 Å². The molecule has 1 aliphatic rings. The van der Waals surface area contributed by atoms with Crippen molar-refractivity contribution in [2.75, 3.05) is 26.1 Å². The van der Waals surface area contributed by atoms with Gasteiger partial charge in [-0.05, 0) is 49.9 Å². The Morgan fingerprint density at radius 2 is 1.93 bits per heavy atom. The molecule has 1 fully saturated rings. The molecule has 29 heavy (non-hydrogen) atoms. The first kappa shape index (κ1) is 20.6. The minimum absolute atomic E-state index is 0.120. The van der Waals surface area contributed by atoms with E-state index in [0.717, 1.165) is 32.2 Å². The molecule has 7 nitrogen and oxygen atoms in total. The van der Waals surface area contributed by atoms with Crippen molar-refractivity contribution in [1.82, 2.24) is 9.88 Å². The number of aromatic nitrogens is 1. The Kier molecular flexibility index (Phi) is 6.69. The number of hydrogen-bond donors (Lipinski definition) is 1. The third kappa shape index (κ3) is 4.67. The second-order valence-electron chi connectivity index (χ2n) is 6.98. The minimum Gasteiger partial charge on any atom is -0.497 e. The summed E-state index contributed by atoms with van der Waals surface area (Å²) in [5.74, 6) is 0.557. The van der Waals surface area contributed by atoms with E-state index in [1.807, 2.05) is 4.90 Å². The lowest BCUT2D eigenvalue weighted by molar-refractivity contribution is 0.0602. The van der Waals surface area contributed by atoms with E-state index in [4.69, 9.17) is 9.47 Å². The zero-order valence-corrected chi connectivity index (χ0v) is 17.1. The van der Waals surface area contributed by atoms with Crippen molar-refractivity contribution in [1.29, 1.82) is 0 Å². The van der Waals surface area contributed by atoms with Gasteiger partial charge in [-0.3, -0.25) is 9.59 Å². The summed E-state index contributed by atoms with van der Waals surface area (Å²) in [6, 6.07) is 10.3. The molecule has 0 radical (unpaired) electrons. The molecule has 2 heterocycles. The zero-order chi connectivity index (χ0) is 20.8. The Labute approximate surface area is 171 Å². The number of nitrogens with one attached hydrogen (secondary N) is 1. The Hall–Kier alpha value is -3.09. The van der Waals surface area contributed by atoms with Gasteiger partial charge in [-0.15, -0.1) is 0 Å². The van der Waals surface area contributed by atoms with Crippen molar-refractivity contribution in [2.24, 2.45) is 0 Å². The number of likely N-dealkylation sites (tertiary alicyclic amines) is 1. The van der Waals surface area contributed by atoms with E-state index in [1.165, 1.54) is 7.11 Å². The van der Waals surface area contributed by atoms with Crippen LogP contribution in [0.1, 0.15) is 53.6 Å². The van der Waals surface area contributed by atoms with Gasteiger partial charge in [0.15, 0.2) is 0 Å². The summed E-state index contributed by atoms with van der Waals surface area (Å²) in [6.07, 6.45) is 4.07. The van der Waals surface area contributed by atoms with Crippen LogP contribution < -0.4 is 14.8 Å². The van der Waals surface area contributed by atoms with Crippen LogP contribution >= 0.6 is 0 Å². The zero-order valence-electron chi connectivity index (χ0n) is 17.1. The molecule has 154 valence electrons. The number of rotatable bonds is 6. The molecule has 1 atom stereocenters. The number of benzene rings is 1. The molecule has 0 bridgehead atoms. The predicted octanol–water partition coefficient (Wildman–Crippen LogP) is 3.76. The number of carbonyl (C=O) groups excluding carboxylic acids is 2. The van der Waals surface area contributed by atoms with Crippen molar-refractivity contribution in [3.05, 3.63) is 47.8 Å². The van der Waals surface area contributed by atoms with E-state index in [9.17, 15) is 9.59 Å². The molecule has 1 aliphatic heterocycles. The molecule has 1 saturated heterocycles. The Morgan fingerprint density at radius 1 is 1.14 bits per heavy atom. The molecule has 7 heteroatoms. The number of methoxy groups -OCH3 is 2. The largest absolute Gasteiger partial charge is 0.497 e. The third-order valence-corrected chi connectivity index (χ3v) is 5.21. The highest BCUT2D eigenvalue weighted by atomic mass is 16.5. The van der Waals surface area contributed by atoms with Crippen LogP contribution in [0, 0.1) is 0 Å². The normalized spacial score (nSPS) is 16.2. The van der Waals surface area contributed by atoms with Crippen molar-refractivity contribution in [3.8, 4) is 11.5 Å². The molecule has 1 N–H and O–H groups in total. The molecule has 2 aromatic rings.